The van der Waals surface area contributed by atoms with Gasteiger partial charge in [-0.05, 0) is 54.4 Å². The molecule has 3 aromatic carbocycles. The summed E-state index contributed by atoms with van der Waals surface area (Å²) in [7, 11) is 0. The van der Waals surface area contributed by atoms with Crippen LogP contribution in [0.2, 0.25) is 0 Å². The Labute approximate surface area is 162 Å². The molecule has 0 fully saturated rings. The number of hydrogen-bond acceptors (Lipinski definition) is 3. The molecular weight excluding hydrogens is 354 g/mol. The van der Waals surface area contributed by atoms with Crippen molar-refractivity contribution in [2.45, 2.75) is 6.92 Å². The molecule has 0 unspecified atom stereocenters. The van der Waals surface area contributed by atoms with Crippen molar-refractivity contribution in [2.75, 3.05) is 5.32 Å². The zero-order chi connectivity index (χ0) is 19.9. The van der Waals surface area contributed by atoms with Crippen LogP contribution in [0.15, 0.2) is 78.9 Å². The molecule has 0 heterocycles. The van der Waals surface area contributed by atoms with E-state index in [4.69, 9.17) is 0 Å². The molecule has 0 aliphatic carbocycles. The van der Waals surface area contributed by atoms with E-state index in [0.717, 1.165) is 11.1 Å². The fourth-order valence-electron chi connectivity index (χ4n) is 2.58. The predicted octanol–water partition coefficient (Wildman–Crippen LogP) is 4.02. The van der Waals surface area contributed by atoms with E-state index in [2.05, 4.69) is 16.2 Å². The van der Waals surface area contributed by atoms with Gasteiger partial charge < -0.3 is 5.32 Å². The summed E-state index contributed by atoms with van der Waals surface area (Å²) in [6.07, 6.45) is 0. The summed E-state index contributed by atoms with van der Waals surface area (Å²) >= 11 is 0. The third-order valence-corrected chi connectivity index (χ3v) is 4.09. The molecule has 0 bridgehead atoms. The minimum absolute atomic E-state index is 0.0541. The van der Waals surface area contributed by atoms with Crippen LogP contribution in [0.1, 0.15) is 27.6 Å². The minimum Gasteiger partial charge on any atom is -0.307 e. The summed E-state index contributed by atoms with van der Waals surface area (Å²) in [5.74, 6) is -0.483. The summed E-state index contributed by atoms with van der Waals surface area (Å²) in [5, 5.41) is 2.57. The van der Waals surface area contributed by atoms with Gasteiger partial charge in [0.05, 0.1) is 0 Å². The maximum Gasteiger partial charge on any atom is 0.337 e. The molecule has 6 nitrogen and oxygen atoms in total. The van der Waals surface area contributed by atoms with Crippen LogP contribution in [-0.4, -0.2) is 17.7 Å². The molecule has 0 atom stereocenters. The van der Waals surface area contributed by atoms with E-state index < -0.39 is 11.9 Å². The lowest BCUT2D eigenvalue weighted by Crippen LogP contribution is -2.43. The van der Waals surface area contributed by atoms with E-state index in [1.807, 2.05) is 42.5 Å². The molecule has 3 amide bonds. The summed E-state index contributed by atoms with van der Waals surface area (Å²) in [6, 6.07) is 22.8. The molecule has 0 radical (unpaired) electrons. The van der Waals surface area contributed by atoms with Gasteiger partial charge in [-0.25, -0.2) is 10.2 Å². The number of hydrogen-bond donors (Lipinski definition) is 3. The fourth-order valence-corrected chi connectivity index (χ4v) is 2.58. The Morgan fingerprint density at radius 3 is 1.82 bits per heavy atom. The lowest BCUT2D eigenvalue weighted by molar-refractivity contribution is 0.0937. The SMILES string of the molecule is CC(=O)c1ccc(NC(=O)NNC(=O)c2ccc(-c3ccccc3)cc2)cc1. The highest BCUT2D eigenvalue weighted by Crippen LogP contribution is 2.19. The Morgan fingerprint density at radius 2 is 1.21 bits per heavy atom. The second-order valence-electron chi connectivity index (χ2n) is 6.11. The van der Waals surface area contributed by atoms with Crippen LogP contribution in [0.25, 0.3) is 11.1 Å². The predicted molar refractivity (Wildman–Crippen MR) is 108 cm³/mol. The highest BCUT2D eigenvalue weighted by atomic mass is 16.2. The van der Waals surface area contributed by atoms with Gasteiger partial charge in [0.15, 0.2) is 5.78 Å². The van der Waals surface area contributed by atoms with Gasteiger partial charge in [-0.1, -0.05) is 42.5 Å². The molecule has 0 aliphatic rings. The van der Waals surface area contributed by atoms with Gasteiger partial charge in [-0.15, -0.1) is 0 Å². The van der Waals surface area contributed by atoms with Gasteiger partial charge in [-0.2, -0.15) is 0 Å². The van der Waals surface area contributed by atoms with Gasteiger partial charge in [0.1, 0.15) is 0 Å². The average Bonchev–Trinajstić information content (AvgIpc) is 2.73. The van der Waals surface area contributed by atoms with Crippen LogP contribution < -0.4 is 16.2 Å². The Morgan fingerprint density at radius 1 is 0.643 bits per heavy atom. The molecule has 3 N–H and O–H groups in total. The lowest BCUT2D eigenvalue weighted by Gasteiger charge is -2.10. The molecule has 0 saturated heterocycles. The van der Waals surface area contributed by atoms with Crippen LogP contribution >= 0.6 is 0 Å². The number of nitrogens with one attached hydrogen (secondary N) is 3. The minimum atomic E-state index is -0.593. The van der Waals surface area contributed by atoms with E-state index in [0.29, 0.717) is 16.8 Å². The topological polar surface area (TPSA) is 87.3 Å². The number of Topliss-reactive ketones (excluding diaryl/α,β-unsaturated/α-hetero) is 1. The first-order valence-electron chi connectivity index (χ1n) is 8.67. The summed E-state index contributed by atoms with van der Waals surface area (Å²) in [6.45, 7) is 1.47. The van der Waals surface area contributed by atoms with Crippen molar-refractivity contribution in [1.82, 2.24) is 10.9 Å². The Balaban J connectivity index is 1.53. The molecular formula is C22H19N3O3. The molecule has 6 heteroatoms. The number of amides is 3. The number of benzene rings is 3. The van der Waals surface area contributed by atoms with Crippen molar-refractivity contribution >= 4 is 23.4 Å². The van der Waals surface area contributed by atoms with Crippen molar-refractivity contribution in [3.63, 3.8) is 0 Å². The fraction of sp³-hybridized carbons (Fsp3) is 0.0455. The van der Waals surface area contributed by atoms with Gasteiger partial charge >= 0.3 is 6.03 Å². The summed E-state index contributed by atoms with van der Waals surface area (Å²) in [5.41, 5.74) is 8.18. The van der Waals surface area contributed by atoms with Gasteiger partial charge in [0.2, 0.25) is 0 Å². The second kappa shape index (κ2) is 8.64. The van der Waals surface area contributed by atoms with Crippen molar-refractivity contribution < 1.29 is 14.4 Å². The molecule has 140 valence electrons. The van der Waals surface area contributed by atoms with Crippen molar-refractivity contribution in [2.24, 2.45) is 0 Å². The van der Waals surface area contributed by atoms with Crippen LogP contribution in [0.4, 0.5) is 10.5 Å². The van der Waals surface area contributed by atoms with Crippen LogP contribution in [-0.2, 0) is 0 Å². The third-order valence-electron chi connectivity index (χ3n) is 4.09. The molecule has 0 aromatic heterocycles. The molecule has 0 saturated carbocycles. The van der Waals surface area contributed by atoms with E-state index >= 15 is 0 Å². The average molecular weight is 373 g/mol. The number of ketones is 1. The van der Waals surface area contributed by atoms with E-state index in [9.17, 15) is 14.4 Å². The highest BCUT2D eigenvalue weighted by Gasteiger charge is 2.08. The van der Waals surface area contributed by atoms with E-state index in [1.54, 1.807) is 36.4 Å². The number of anilines is 1. The van der Waals surface area contributed by atoms with Crippen molar-refractivity contribution in [3.05, 3.63) is 90.0 Å². The lowest BCUT2D eigenvalue weighted by atomic mass is 10.0. The maximum absolute atomic E-state index is 12.2. The number of hydrazine groups is 1. The van der Waals surface area contributed by atoms with Crippen LogP contribution in [0.3, 0.4) is 0 Å². The Kier molecular flexibility index (Phi) is 5.81. The zero-order valence-electron chi connectivity index (χ0n) is 15.2. The first-order chi connectivity index (χ1) is 13.5. The second-order valence-corrected chi connectivity index (χ2v) is 6.11. The smallest absolute Gasteiger partial charge is 0.307 e. The zero-order valence-corrected chi connectivity index (χ0v) is 15.2. The van der Waals surface area contributed by atoms with E-state index in [-0.39, 0.29) is 5.78 Å². The molecule has 0 spiro atoms. The van der Waals surface area contributed by atoms with Crippen LogP contribution in [0.5, 0.6) is 0 Å². The van der Waals surface area contributed by atoms with Gasteiger partial charge in [0, 0.05) is 16.8 Å². The molecule has 28 heavy (non-hydrogen) atoms. The third kappa shape index (κ3) is 4.82. The normalized spacial score (nSPS) is 10.0. The molecule has 3 rings (SSSR count). The number of carbonyl (C=O) groups excluding carboxylic acids is 3. The van der Waals surface area contributed by atoms with Crippen molar-refractivity contribution in [3.8, 4) is 11.1 Å². The standard InChI is InChI=1S/C22H19N3O3/c1-15(26)16-11-13-20(14-12-16)23-22(28)25-24-21(27)19-9-7-18(8-10-19)17-5-3-2-4-6-17/h2-14H,1H3,(H,24,27)(H2,23,25,28). The van der Waals surface area contributed by atoms with Crippen molar-refractivity contribution in [1.29, 1.82) is 0 Å². The molecule has 3 aromatic rings. The number of rotatable bonds is 4. The van der Waals surface area contributed by atoms with Gasteiger partial charge in [0.25, 0.3) is 5.91 Å². The Hall–Kier alpha value is -3.93. The number of carbonyl (C=O) groups is 3. The number of urea groups is 1. The monoisotopic (exact) mass is 373 g/mol. The Bertz CT molecular complexity index is 982. The molecule has 0 aliphatic heterocycles. The largest absolute Gasteiger partial charge is 0.337 e. The van der Waals surface area contributed by atoms with Crippen LogP contribution in [0, 0.1) is 0 Å². The summed E-state index contributed by atoms with van der Waals surface area (Å²) in [4.78, 5) is 35.3. The van der Waals surface area contributed by atoms with E-state index in [1.165, 1.54) is 6.92 Å². The highest BCUT2D eigenvalue weighted by molar-refractivity contribution is 5.98. The quantitative estimate of drug-likeness (QED) is 0.477. The van der Waals surface area contributed by atoms with Gasteiger partial charge in [-0.3, -0.25) is 15.0 Å². The maximum atomic E-state index is 12.2. The first-order valence-corrected chi connectivity index (χ1v) is 8.67. The first kappa shape index (κ1) is 18.8. The summed E-state index contributed by atoms with van der Waals surface area (Å²) < 4.78 is 0.